The predicted molar refractivity (Wildman–Crippen MR) is 52.2 cm³/mol. The van der Waals surface area contributed by atoms with Crippen LogP contribution >= 0.6 is 0 Å². The Labute approximate surface area is 82.4 Å². The molecule has 2 aromatic rings. The molecule has 0 spiro atoms. The standard InChI is InChI=1S/C9H13N5/c1-7(2)8-6-13(3)12-9(8)14-10-4-5-11-14/h4-7H,1-3H3. The summed E-state index contributed by atoms with van der Waals surface area (Å²) >= 11 is 0. The fraction of sp³-hybridized carbons (Fsp3) is 0.444. The number of nitrogens with zero attached hydrogens (tertiary/aromatic N) is 5. The maximum absolute atomic E-state index is 4.33. The highest BCUT2D eigenvalue weighted by Gasteiger charge is 2.13. The average molecular weight is 191 g/mol. The van der Waals surface area contributed by atoms with Gasteiger partial charge in [-0.2, -0.15) is 15.3 Å². The van der Waals surface area contributed by atoms with Gasteiger partial charge in [-0.1, -0.05) is 13.8 Å². The number of hydrogen-bond donors (Lipinski definition) is 0. The molecule has 0 saturated carbocycles. The van der Waals surface area contributed by atoms with Gasteiger partial charge >= 0.3 is 0 Å². The van der Waals surface area contributed by atoms with Crippen LogP contribution in [-0.2, 0) is 7.05 Å². The lowest BCUT2D eigenvalue weighted by Gasteiger charge is -2.02. The molecule has 0 unspecified atom stereocenters. The summed E-state index contributed by atoms with van der Waals surface area (Å²) in [4.78, 5) is 1.55. The maximum Gasteiger partial charge on any atom is 0.199 e. The molecule has 2 heterocycles. The molecule has 0 bridgehead atoms. The lowest BCUT2D eigenvalue weighted by Crippen LogP contribution is -2.03. The van der Waals surface area contributed by atoms with Crippen LogP contribution < -0.4 is 0 Å². The van der Waals surface area contributed by atoms with Crippen molar-refractivity contribution in [3.63, 3.8) is 0 Å². The molecule has 2 rings (SSSR count). The van der Waals surface area contributed by atoms with Crippen molar-refractivity contribution in [1.29, 1.82) is 0 Å². The third kappa shape index (κ3) is 1.41. The Kier molecular flexibility index (Phi) is 2.07. The van der Waals surface area contributed by atoms with Crippen molar-refractivity contribution >= 4 is 0 Å². The Morgan fingerprint density at radius 1 is 1.21 bits per heavy atom. The molecule has 0 aliphatic carbocycles. The summed E-state index contributed by atoms with van der Waals surface area (Å²) in [5, 5.41) is 12.5. The van der Waals surface area contributed by atoms with Crippen molar-refractivity contribution in [1.82, 2.24) is 24.8 Å². The molecule has 0 amide bonds. The smallest absolute Gasteiger partial charge is 0.199 e. The van der Waals surface area contributed by atoms with Crippen molar-refractivity contribution in [2.75, 3.05) is 0 Å². The largest absolute Gasteiger partial charge is 0.273 e. The van der Waals surface area contributed by atoms with Gasteiger partial charge in [-0.15, -0.1) is 4.80 Å². The third-order valence-corrected chi connectivity index (χ3v) is 2.07. The zero-order chi connectivity index (χ0) is 10.1. The zero-order valence-electron chi connectivity index (χ0n) is 8.55. The minimum Gasteiger partial charge on any atom is -0.273 e. The van der Waals surface area contributed by atoms with Gasteiger partial charge in [0.1, 0.15) is 0 Å². The number of hydrogen-bond acceptors (Lipinski definition) is 3. The van der Waals surface area contributed by atoms with E-state index in [0.29, 0.717) is 5.92 Å². The highest BCUT2D eigenvalue weighted by atomic mass is 15.5. The quantitative estimate of drug-likeness (QED) is 0.714. The minimum absolute atomic E-state index is 0.421. The van der Waals surface area contributed by atoms with Gasteiger partial charge in [-0.3, -0.25) is 4.68 Å². The van der Waals surface area contributed by atoms with Gasteiger partial charge in [-0.25, -0.2) is 0 Å². The second kappa shape index (κ2) is 3.25. The Morgan fingerprint density at radius 3 is 2.43 bits per heavy atom. The van der Waals surface area contributed by atoms with Crippen LogP contribution in [0.3, 0.4) is 0 Å². The number of aryl methyl sites for hydroxylation is 1. The first kappa shape index (κ1) is 8.93. The summed E-state index contributed by atoms with van der Waals surface area (Å²) in [6.07, 6.45) is 5.31. The van der Waals surface area contributed by atoms with Crippen LogP contribution in [0, 0.1) is 0 Å². The average Bonchev–Trinajstić information content (AvgIpc) is 2.70. The van der Waals surface area contributed by atoms with Gasteiger partial charge in [0.15, 0.2) is 5.82 Å². The molecule has 0 fully saturated rings. The normalized spacial score (nSPS) is 11.1. The van der Waals surface area contributed by atoms with Crippen molar-refractivity contribution < 1.29 is 0 Å². The SMILES string of the molecule is CC(C)c1cn(C)nc1-n1nccn1. The fourth-order valence-electron chi connectivity index (χ4n) is 1.38. The van der Waals surface area contributed by atoms with E-state index in [-0.39, 0.29) is 0 Å². The van der Waals surface area contributed by atoms with Gasteiger partial charge in [0.2, 0.25) is 0 Å². The monoisotopic (exact) mass is 191 g/mol. The highest BCUT2D eigenvalue weighted by molar-refractivity contribution is 5.32. The van der Waals surface area contributed by atoms with E-state index >= 15 is 0 Å². The number of aromatic nitrogens is 5. The van der Waals surface area contributed by atoms with Crippen molar-refractivity contribution in [2.45, 2.75) is 19.8 Å². The van der Waals surface area contributed by atoms with E-state index in [0.717, 1.165) is 11.4 Å². The summed E-state index contributed by atoms with van der Waals surface area (Å²) in [7, 11) is 1.90. The first-order chi connectivity index (χ1) is 6.68. The summed E-state index contributed by atoms with van der Waals surface area (Å²) in [5.41, 5.74) is 1.16. The topological polar surface area (TPSA) is 48.5 Å². The van der Waals surface area contributed by atoms with Gasteiger partial charge in [0.05, 0.1) is 12.4 Å². The Bertz CT molecular complexity index is 412. The van der Waals surface area contributed by atoms with E-state index in [4.69, 9.17) is 0 Å². The van der Waals surface area contributed by atoms with Crippen LogP contribution in [0.5, 0.6) is 0 Å². The molecule has 0 saturated heterocycles. The lowest BCUT2D eigenvalue weighted by molar-refractivity contribution is 0.679. The molecule has 0 radical (unpaired) electrons. The van der Waals surface area contributed by atoms with Crippen molar-refractivity contribution in [3.05, 3.63) is 24.2 Å². The van der Waals surface area contributed by atoms with Crippen LogP contribution in [0.4, 0.5) is 0 Å². The van der Waals surface area contributed by atoms with E-state index < -0.39 is 0 Å². The Morgan fingerprint density at radius 2 is 1.86 bits per heavy atom. The first-order valence-electron chi connectivity index (χ1n) is 4.58. The molecule has 0 aromatic carbocycles. The fourth-order valence-corrected chi connectivity index (χ4v) is 1.38. The van der Waals surface area contributed by atoms with Gasteiger partial charge in [-0.05, 0) is 5.92 Å². The van der Waals surface area contributed by atoms with E-state index in [9.17, 15) is 0 Å². The van der Waals surface area contributed by atoms with Gasteiger partial charge in [0.25, 0.3) is 0 Å². The predicted octanol–water partition coefficient (Wildman–Crippen LogP) is 1.12. The second-order valence-electron chi connectivity index (χ2n) is 3.55. The molecule has 74 valence electrons. The van der Waals surface area contributed by atoms with E-state index in [1.54, 1.807) is 21.9 Å². The summed E-state index contributed by atoms with van der Waals surface area (Å²) in [6.45, 7) is 4.26. The van der Waals surface area contributed by atoms with Crippen molar-refractivity contribution in [3.8, 4) is 5.82 Å². The molecule has 5 heteroatoms. The molecule has 0 N–H and O–H groups in total. The van der Waals surface area contributed by atoms with Crippen LogP contribution in [0.15, 0.2) is 18.6 Å². The van der Waals surface area contributed by atoms with E-state index in [1.165, 1.54) is 0 Å². The highest BCUT2D eigenvalue weighted by Crippen LogP contribution is 2.19. The Balaban J connectivity index is 2.52. The minimum atomic E-state index is 0.421. The Hall–Kier alpha value is -1.65. The molecule has 14 heavy (non-hydrogen) atoms. The van der Waals surface area contributed by atoms with Gasteiger partial charge < -0.3 is 0 Å². The maximum atomic E-state index is 4.33. The summed E-state index contributed by atoms with van der Waals surface area (Å²) in [6, 6.07) is 0. The zero-order valence-corrected chi connectivity index (χ0v) is 8.55. The lowest BCUT2D eigenvalue weighted by atomic mass is 10.1. The van der Waals surface area contributed by atoms with Crippen LogP contribution in [0.2, 0.25) is 0 Å². The van der Waals surface area contributed by atoms with E-state index in [1.807, 2.05) is 13.2 Å². The van der Waals surface area contributed by atoms with Crippen molar-refractivity contribution in [2.24, 2.45) is 7.05 Å². The van der Waals surface area contributed by atoms with Gasteiger partial charge in [0, 0.05) is 18.8 Å². The molecule has 0 aliphatic heterocycles. The molecule has 2 aromatic heterocycles. The summed E-state index contributed by atoms with van der Waals surface area (Å²) < 4.78 is 1.79. The van der Waals surface area contributed by atoms with Crippen LogP contribution in [-0.4, -0.2) is 24.8 Å². The number of rotatable bonds is 2. The second-order valence-corrected chi connectivity index (χ2v) is 3.55. The van der Waals surface area contributed by atoms with Crippen LogP contribution in [0.1, 0.15) is 25.3 Å². The molecule has 5 nitrogen and oxygen atoms in total. The van der Waals surface area contributed by atoms with E-state index in [2.05, 4.69) is 29.1 Å². The van der Waals surface area contributed by atoms with Crippen LogP contribution in [0.25, 0.3) is 5.82 Å². The molecular formula is C9H13N5. The molecular weight excluding hydrogens is 178 g/mol. The first-order valence-corrected chi connectivity index (χ1v) is 4.58. The molecule has 0 atom stereocenters. The third-order valence-electron chi connectivity index (χ3n) is 2.07. The molecule has 0 aliphatic rings. The summed E-state index contributed by atoms with van der Waals surface area (Å²) in [5.74, 6) is 1.23.